The van der Waals surface area contributed by atoms with Gasteiger partial charge in [0.1, 0.15) is 0 Å². The number of rotatable bonds is 3. The standard InChI is InChI=1S/C7H17NO/c1-6(9)4-7(2,3)5-8/h6,9H,4-5,8H2,1-3H3/p+1. The molecule has 0 aromatic heterocycles. The van der Waals surface area contributed by atoms with Crippen LogP contribution in [0.1, 0.15) is 27.2 Å². The van der Waals surface area contributed by atoms with Crippen LogP contribution in [-0.2, 0) is 0 Å². The van der Waals surface area contributed by atoms with E-state index >= 15 is 0 Å². The van der Waals surface area contributed by atoms with Crippen molar-refractivity contribution >= 4 is 0 Å². The highest BCUT2D eigenvalue weighted by atomic mass is 16.3. The summed E-state index contributed by atoms with van der Waals surface area (Å²) in [4.78, 5) is 0. The molecule has 2 heteroatoms. The van der Waals surface area contributed by atoms with Crippen molar-refractivity contribution in [3.05, 3.63) is 0 Å². The highest BCUT2D eigenvalue weighted by molar-refractivity contribution is 4.71. The topological polar surface area (TPSA) is 48.9 Å². The third-order valence-corrected chi connectivity index (χ3v) is 1.41. The fourth-order valence-corrected chi connectivity index (χ4v) is 0.912. The Morgan fingerprint density at radius 2 is 2.00 bits per heavy atom. The van der Waals surface area contributed by atoms with Gasteiger partial charge in [-0.25, -0.2) is 0 Å². The van der Waals surface area contributed by atoms with Gasteiger partial charge in [0.15, 0.2) is 6.10 Å². The van der Waals surface area contributed by atoms with Crippen molar-refractivity contribution in [2.24, 2.45) is 11.1 Å². The quantitative estimate of drug-likeness (QED) is 0.558. The van der Waals surface area contributed by atoms with Crippen molar-refractivity contribution in [1.29, 1.82) is 0 Å². The molecule has 0 saturated carbocycles. The minimum absolute atomic E-state index is 0.0172. The van der Waals surface area contributed by atoms with E-state index in [0.29, 0.717) is 6.54 Å². The molecule has 0 aliphatic carbocycles. The van der Waals surface area contributed by atoms with Crippen LogP contribution in [0.25, 0.3) is 0 Å². The van der Waals surface area contributed by atoms with E-state index in [1.165, 1.54) is 0 Å². The SMILES string of the molecule is CC([OH2+])CC(C)(C)CN. The first-order valence-corrected chi connectivity index (χ1v) is 3.39. The molecular weight excluding hydrogens is 114 g/mol. The van der Waals surface area contributed by atoms with E-state index in [1.807, 2.05) is 6.92 Å². The fourth-order valence-electron chi connectivity index (χ4n) is 0.912. The van der Waals surface area contributed by atoms with Gasteiger partial charge in [0, 0.05) is 13.3 Å². The van der Waals surface area contributed by atoms with Crippen molar-refractivity contribution < 1.29 is 5.11 Å². The summed E-state index contributed by atoms with van der Waals surface area (Å²) in [6.45, 7) is 6.77. The van der Waals surface area contributed by atoms with Gasteiger partial charge in [0.05, 0.1) is 0 Å². The van der Waals surface area contributed by atoms with Crippen LogP contribution in [-0.4, -0.2) is 17.8 Å². The van der Waals surface area contributed by atoms with E-state index in [4.69, 9.17) is 10.8 Å². The van der Waals surface area contributed by atoms with E-state index in [0.717, 1.165) is 6.42 Å². The van der Waals surface area contributed by atoms with Gasteiger partial charge in [0.25, 0.3) is 0 Å². The van der Waals surface area contributed by atoms with Crippen molar-refractivity contribution in [1.82, 2.24) is 0 Å². The molecule has 0 amide bonds. The predicted octanol–water partition coefficient (Wildman–Crippen LogP) is 0.475. The van der Waals surface area contributed by atoms with Gasteiger partial charge >= 0.3 is 0 Å². The first-order chi connectivity index (χ1) is 3.98. The van der Waals surface area contributed by atoms with Crippen LogP contribution < -0.4 is 5.73 Å². The monoisotopic (exact) mass is 132 g/mol. The first kappa shape index (κ1) is 8.92. The molecule has 0 aromatic rings. The van der Waals surface area contributed by atoms with Crippen molar-refractivity contribution in [2.45, 2.75) is 33.3 Å². The van der Waals surface area contributed by atoms with Gasteiger partial charge < -0.3 is 10.8 Å². The number of nitrogens with two attached hydrogens (primary N) is 1. The van der Waals surface area contributed by atoms with E-state index in [9.17, 15) is 0 Å². The van der Waals surface area contributed by atoms with Crippen LogP contribution in [0.3, 0.4) is 0 Å². The Labute approximate surface area is 57.1 Å². The molecule has 0 aromatic carbocycles. The third-order valence-electron chi connectivity index (χ3n) is 1.41. The smallest absolute Gasteiger partial charge is 0.151 e. The highest BCUT2D eigenvalue weighted by Crippen LogP contribution is 2.19. The summed E-state index contributed by atoms with van der Waals surface area (Å²) >= 11 is 0. The Kier molecular flexibility index (Phi) is 3.15. The normalized spacial score (nSPS) is 15.7. The van der Waals surface area contributed by atoms with Crippen LogP contribution in [0.2, 0.25) is 0 Å². The molecule has 0 saturated heterocycles. The maximum atomic E-state index is 7.28. The zero-order valence-electron chi connectivity index (χ0n) is 6.57. The molecule has 4 N–H and O–H groups in total. The molecular formula is C7H18NO+. The average Bonchev–Trinajstić information content (AvgIpc) is 1.63. The fraction of sp³-hybridized carbons (Fsp3) is 1.00. The van der Waals surface area contributed by atoms with Gasteiger partial charge in [-0.1, -0.05) is 13.8 Å². The first-order valence-electron chi connectivity index (χ1n) is 3.39. The van der Waals surface area contributed by atoms with E-state index in [-0.39, 0.29) is 11.5 Å². The molecule has 0 radical (unpaired) electrons. The Hall–Kier alpha value is -0.0800. The summed E-state index contributed by atoms with van der Waals surface area (Å²) in [5.41, 5.74) is 5.63. The van der Waals surface area contributed by atoms with Gasteiger partial charge in [0.2, 0.25) is 0 Å². The molecule has 0 heterocycles. The molecule has 2 nitrogen and oxygen atoms in total. The Bertz CT molecular complexity index is 79.0. The van der Waals surface area contributed by atoms with Gasteiger partial charge in [-0.05, 0) is 12.0 Å². The predicted molar refractivity (Wildman–Crippen MR) is 40.5 cm³/mol. The highest BCUT2D eigenvalue weighted by Gasteiger charge is 2.19. The maximum absolute atomic E-state index is 7.28. The minimum atomic E-state index is 0.0172. The molecule has 0 rings (SSSR count). The number of hydrogen-bond acceptors (Lipinski definition) is 1. The van der Waals surface area contributed by atoms with E-state index < -0.39 is 0 Å². The lowest BCUT2D eigenvalue weighted by atomic mass is 9.87. The summed E-state index contributed by atoms with van der Waals surface area (Å²) in [6.07, 6.45) is 0.910. The molecule has 9 heavy (non-hydrogen) atoms. The van der Waals surface area contributed by atoms with Crippen molar-refractivity contribution in [2.75, 3.05) is 6.54 Å². The van der Waals surface area contributed by atoms with Crippen LogP contribution >= 0.6 is 0 Å². The lowest BCUT2D eigenvalue weighted by Crippen LogP contribution is -2.27. The summed E-state index contributed by atoms with van der Waals surface area (Å²) in [5.74, 6) is 0. The molecule has 0 fully saturated rings. The Morgan fingerprint density at radius 1 is 1.56 bits per heavy atom. The lowest BCUT2D eigenvalue weighted by Gasteiger charge is -2.21. The Balaban J connectivity index is 3.58. The Morgan fingerprint density at radius 3 is 2.11 bits per heavy atom. The molecule has 0 bridgehead atoms. The summed E-state index contributed by atoms with van der Waals surface area (Å²) in [5, 5.41) is 7.28. The van der Waals surface area contributed by atoms with Gasteiger partial charge in [-0.15, -0.1) is 0 Å². The summed E-state index contributed by atoms with van der Waals surface area (Å²) < 4.78 is 0. The maximum Gasteiger partial charge on any atom is 0.151 e. The van der Waals surface area contributed by atoms with Crippen LogP contribution in [0.5, 0.6) is 0 Å². The van der Waals surface area contributed by atoms with E-state index in [2.05, 4.69) is 13.8 Å². The largest absolute Gasteiger partial charge is 0.443 e. The third kappa shape index (κ3) is 4.43. The lowest BCUT2D eigenvalue weighted by molar-refractivity contribution is 0.133. The summed E-state index contributed by atoms with van der Waals surface area (Å²) in [7, 11) is 0. The average molecular weight is 132 g/mol. The second-order valence-electron chi connectivity index (χ2n) is 3.47. The van der Waals surface area contributed by atoms with Crippen molar-refractivity contribution in [3.63, 3.8) is 0 Å². The second kappa shape index (κ2) is 3.18. The van der Waals surface area contributed by atoms with Crippen LogP contribution in [0, 0.1) is 5.41 Å². The zero-order chi connectivity index (χ0) is 7.49. The van der Waals surface area contributed by atoms with Gasteiger partial charge in [-0.2, -0.15) is 0 Å². The molecule has 0 aliphatic rings. The van der Waals surface area contributed by atoms with E-state index in [1.54, 1.807) is 0 Å². The van der Waals surface area contributed by atoms with Crippen molar-refractivity contribution in [3.8, 4) is 0 Å². The molecule has 1 unspecified atom stereocenters. The minimum Gasteiger partial charge on any atom is -0.443 e. The molecule has 1 atom stereocenters. The molecule has 56 valence electrons. The van der Waals surface area contributed by atoms with Crippen LogP contribution in [0.4, 0.5) is 0 Å². The molecule has 0 aliphatic heterocycles. The van der Waals surface area contributed by atoms with Crippen LogP contribution in [0.15, 0.2) is 0 Å². The van der Waals surface area contributed by atoms with Gasteiger partial charge in [-0.3, -0.25) is 0 Å². The zero-order valence-corrected chi connectivity index (χ0v) is 6.57. The second-order valence-corrected chi connectivity index (χ2v) is 3.47. The summed E-state index contributed by atoms with van der Waals surface area (Å²) in [6, 6.07) is 0. The number of hydrogen-bond donors (Lipinski definition) is 1. The molecule has 0 spiro atoms.